The zero-order chi connectivity index (χ0) is 22.8. The molecule has 1 fully saturated rings. The van der Waals surface area contributed by atoms with Crippen LogP contribution in [0.3, 0.4) is 0 Å². The van der Waals surface area contributed by atoms with E-state index in [9.17, 15) is 0 Å². The molecule has 8 heteroatoms. The van der Waals surface area contributed by atoms with E-state index in [2.05, 4.69) is 88.5 Å². The van der Waals surface area contributed by atoms with Crippen molar-refractivity contribution in [3.05, 3.63) is 59.9 Å². The molecule has 172 valence electrons. The van der Waals surface area contributed by atoms with Gasteiger partial charge in [-0.3, -0.25) is 0 Å². The fourth-order valence-electron chi connectivity index (χ4n) is 4.40. The molecule has 0 spiro atoms. The molecule has 8 nitrogen and oxygen atoms in total. The van der Waals surface area contributed by atoms with Crippen molar-refractivity contribution in [2.24, 2.45) is 0 Å². The average Bonchev–Trinajstić information content (AvgIpc) is 3.16. The highest BCUT2D eigenvalue weighted by Gasteiger charge is 2.30. The van der Waals surface area contributed by atoms with Gasteiger partial charge in [-0.2, -0.15) is 4.98 Å². The summed E-state index contributed by atoms with van der Waals surface area (Å²) >= 11 is 0. The lowest BCUT2D eigenvalue weighted by Gasteiger charge is -2.28. The van der Waals surface area contributed by atoms with Gasteiger partial charge in [-0.1, -0.05) is 13.0 Å². The molecule has 1 N–H and O–H groups in total. The fraction of sp³-hybridized carbons (Fsp3) is 0.400. The monoisotopic (exact) mass is 445 g/mol. The summed E-state index contributed by atoms with van der Waals surface area (Å²) < 4.78 is 5.45. The molecule has 5 rings (SSSR count). The van der Waals surface area contributed by atoms with E-state index in [1.807, 2.05) is 6.20 Å². The maximum Gasteiger partial charge on any atom is 0.229 e. The van der Waals surface area contributed by atoms with Crippen LogP contribution >= 0.6 is 0 Å². The Morgan fingerprint density at radius 3 is 2.61 bits per heavy atom. The standard InChI is InChI=1S/C25H31N7O/c1-18-16-32(23-6-4-5-20(27-23)17-30(2)3)24-22(18)15-26-25(29-24)28-19-7-9-21(10-8-19)31-11-13-33-14-12-31/h4-10,15,18H,11-14,16-17H2,1-3H3,(H,26,28,29). The molecule has 0 saturated carbocycles. The summed E-state index contributed by atoms with van der Waals surface area (Å²) in [4.78, 5) is 21.0. The van der Waals surface area contributed by atoms with Gasteiger partial charge in [0.2, 0.25) is 5.95 Å². The molecule has 0 radical (unpaired) electrons. The third-order valence-corrected chi connectivity index (χ3v) is 6.09. The summed E-state index contributed by atoms with van der Waals surface area (Å²) in [5.41, 5.74) is 4.38. The minimum Gasteiger partial charge on any atom is -0.378 e. The van der Waals surface area contributed by atoms with Crippen molar-refractivity contribution < 1.29 is 4.74 Å². The van der Waals surface area contributed by atoms with E-state index in [4.69, 9.17) is 14.7 Å². The highest BCUT2D eigenvalue weighted by atomic mass is 16.5. The Hall–Kier alpha value is -3.23. The Bertz CT molecular complexity index is 1100. The van der Waals surface area contributed by atoms with Crippen molar-refractivity contribution in [1.29, 1.82) is 0 Å². The summed E-state index contributed by atoms with van der Waals surface area (Å²) in [6.45, 7) is 7.29. The van der Waals surface area contributed by atoms with E-state index in [0.29, 0.717) is 11.9 Å². The molecule has 1 aromatic carbocycles. The van der Waals surface area contributed by atoms with Crippen LogP contribution in [0.15, 0.2) is 48.7 Å². The maximum atomic E-state index is 5.45. The van der Waals surface area contributed by atoms with Crippen molar-refractivity contribution in [2.45, 2.75) is 19.4 Å². The Labute approximate surface area is 195 Å². The van der Waals surface area contributed by atoms with Crippen LogP contribution in [0.4, 0.5) is 29.0 Å². The van der Waals surface area contributed by atoms with Gasteiger partial charge in [-0.25, -0.2) is 9.97 Å². The van der Waals surface area contributed by atoms with Crippen molar-refractivity contribution >= 4 is 29.0 Å². The molecule has 0 amide bonds. The highest BCUT2D eigenvalue weighted by Crippen LogP contribution is 2.39. The van der Waals surface area contributed by atoms with Crippen LogP contribution < -0.4 is 15.1 Å². The second-order valence-electron chi connectivity index (χ2n) is 8.98. The number of fused-ring (bicyclic) bond motifs is 1. The molecule has 2 aliphatic rings. The quantitative estimate of drug-likeness (QED) is 0.615. The number of morpholine rings is 1. The third kappa shape index (κ3) is 4.77. The van der Waals surface area contributed by atoms with E-state index >= 15 is 0 Å². The number of anilines is 5. The number of benzene rings is 1. The molecule has 2 aliphatic heterocycles. The Kier molecular flexibility index (Phi) is 6.11. The van der Waals surface area contributed by atoms with Crippen LogP contribution in [0.1, 0.15) is 24.1 Å². The Balaban J connectivity index is 1.35. The molecular weight excluding hydrogens is 414 g/mol. The van der Waals surface area contributed by atoms with E-state index in [0.717, 1.165) is 68.0 Å². The van der Waals surface area contributed by atoms with Gasteiger partial charge in [-0.05, 0) is 50.5 Å². The third-order valence-electron chi connectivity index (χ3n) is 6.09. The van der Waals surface area contributed by atoms with E-state index in [1.54, 1.807) is 0 Å². The van der Waals surface area contributed by atoms with Gasteiger partial charge in [0.1, 0.15) is 11.6 Å². The predicted molar refractivity (Wildman–Crippen MR) is 132 cm³/mol. The van der Waals surface area contributed by atoms with Gasteiger partial charge in [0.25, 0.3) is 0 Å². The lowest BCUT2D eigenvalue weighted by atomic mass is 10.1. The van der Waals surface area contributed by atoms with Gasteiger partial charge in [-0.15, -0.1) is 0 Å². The van der Waals surface area contributed by atoms with Crippen LogP contribution in [0, 0.1) is 0 Å². The fourth-order valence-corrected chi connectivity index (χ4v) is 4.40. The smallest absolute Gasteiger partial charge is 0.229 e. The Morgan fingerprint density at radius 1 is 1.06 bits per heavy atom. The predicted octanol–water partition coefficient (Wildman–Crippen LogP) is 3.77. The SMILES string of the molecule is CC1CN(c2cccc(CN(C)C)n2)c2nc(Nc3ccc(N4CCOCC4)cc3)ncc21. The summed E-state index contributed by atoms with van der Waals surface area (Å²) in [6, 6.07) is 14.6. The number of nitrogens with zero attached hydrogens (tertiary/aromatic N) is 6. The number of nitrogens with one attached hydrogen (secondary N) is 1. The van der Waals surface area contributed by atoms with Gasteiger partial charge >= 0.3 is 0 Å². The maximum absolute atomic E-state index is 5.45. The Morgan fingerprint density at radius 2 is 1.85 bits per heavy atom. The molecular formula is C25H31N7O. The zero-order valence-electron chi connectivity index (χ0n) is 19.5. The first-order chi connectivity index (χ1) is 16.1. The largest absolute Gasteiger partial charge is 0.378 e. The summed E-state index contributed by atoms with van der Waals surface area (Å²) in [6.07, 6.45) is 1.95. The lowest BCUT2D eigenvalue weighted by Crippen LogP contribution is -2.36. The summed E-state index contributed by atoms with van der Waals surface area (Å²) in [5, 5.41) is 3.37. The van der Waals surface area contributed by atoms with E-state index in [1.165, 1.54) is 5.69 Å². The van der Waals surface area contributed by atoms with E-state index < -0.39 is 0 Å². The first-order valence-electron chi connectivity index (χ1n) is 11.5. The number of pyridine rings is 1. The summed E-state index contributed by atoms with van der Waals surface area (Å²) in [7, 11) is 4.11. The summed E-state index contributed by atoms with van der Waals surface area (Å²) in [5.74, 6) is 2.80. The number of ether oxygens (including phenoxy) is 1. The molecule has 0 bridgehead atoms. The minimum absolute atomic E-state index is 0.348. The normalized spacial score (nSPS) is 18.0. The molecule has 1 unspecified atom stereocenters. The molecule has 3 aromatic rings. The van der Waals surface area contributed by atoms with Crippen LogP contribution in [-0.4, -0.2) is 66.8 Å². The van der Waals surface area contributed by atoms with Crippen molar-refractivity contribution in [3.8, 4) is 0 Å². The van der Waals surface area contributed by atoms with Gasteiger partial charge in [0.15, 0.2) is 0 Å². The molecule has 1 atom stereocenters. The van der Waals surface area contributed by atoms with Crippen LogP contribution in [-0.2, 0) is 11.3 Å². The molecule has 4 heterocycles. The van der Waals surface area contributed by atoms with Gasteiger partial charge in [0, 0.05) is 55.2 Å². The molecule has 0 aliphatic carbocycles. The molecule has 2 aromatic heterocycles. The average molecular weight is 446 g/mol. The second kappa shape index (κ2) is 9.33. The lowest BCUT2D eigenvalue weighted by molar-refractivity contribution is 0.122. The number of hydrogen-bond donors (Lipinski definition) is 1. The highest BCUT2D eigenvalue weighted by molar-refractivity contribution is 5.67. The van der Waals surface area contributed by atoms with Crippen molar-refractivity contribution in [3.63, 3.8) is 0 Å². The first kappa shape index (κ1) is 21.6. The van der Waals surface area contributed by atoms with E-state index in [-0.39, 0.29) is 0 Å². The van der Waals surface area contributed by atoms with Gasteiger partial charge < -0.3 is 24.8 Å². The number of hydrogen-bond acceptors (Lipinski definition) is 8. The number of rotatable bonds is 6. The van der Waals surface area contributed by atoms with Crippen LogP contribution in [0.25, 0.3) is 0 Å². The van der Waals surface area contributed by atoms with Crippen molar-refractivity contribution in [2.75, 3.05) is 62.1 Å². The first-order valence-corrected chi connectivity index (χ1v) is 11.5. The topological polar surface area (TPSA) is 69.7 Å². The molecule has 33 heavy (non-hydrogen) atoms. The number of aromatic nitrogens is 3. The van der Waals surface area contributed by atoms with Gasteiger partial charge in [0.05, 0.1) is 18.9 Å². The zero-order valence-corrected chi connectivity index (χ0v) is 19.5. The van der Waals surface area contributed by atoms with Crippen LogP contribution in [0.2, 0.25) is 0 Å². The second-order valence-corrected chi connectivity index (χ2v) is 8.98. The minimum atomic E-state index is 0.348. The van der Waals surface area contributed by atoms with Crippen molar-refractivity contribution in [1.82, 2.24) is 19.9 Å². The van der Waals surface area contributed by atoms with Crippen LogP contribution in [0.5, 0.6) is 0 Å². The molecule has 1 saturated heterocycles.